The Morgan fingerprint density at radius 2 is 1.73 bits per heavy atom. The first-order valence-electron chi connectivity index (χ1n) is 11.5. The zero-order valence-electron chi connectivity index (χ0n) is 19.6. The van der Waals surface area contributed by atoms with Crippen molar-refractivity contribution in [3.8, 4) is 11.5 Å². The molecule has 174 valence electrons. The van der Waals surface area contributed by atoms with Crippen LogP contribution in [0.15, 0.2) is 51.7 Å². The molecule has 1 amide bonds. The van der Waals surface area contributed by atoms with Crippen LogP contribution in [0.5, 0.6) is 11.5 Å². The quantitative estimate of drug-likeness (QED) is 0.542. The maximum atomic E-state index is 13.5. The van der Waals surface area contributed by atoms with Crippen LogP contribution < -0.4 is 19.8 Å². The molecule has 1 aromatic heterocycles. The molecule has 1 atom stereocenters. The highest BCUT2D eigenvalue weighted by Gasteiger charge is 2.42. The van der Waals surface area contributed by atoms with Gasteiger partial charge in [-0.3, -0.25) is 9.59 Å². The van der Waals surface area contributed by atoms with Gasteiger partial charge in [0.15, 0.2) is 16.9 Å². The van der Waals surface area contributed by atoms with Gasteiger partial charge in [0, 0.05) is 13.0 Å². The zero-order chi connectivity index (χ0) is 23.5. The summed E-state index contributed by atoms with van der Waals surface area (Å²) in [5.74, 6) is 1.03. The van der Waals surface area contributed by atoms with Gasteiger partial charge in [0.1, 0.15) is 5.58 Å². The SMILES string of the molecule is CC[NH+](CC)CCCN1C(=O)c2oc3ccccc3c(=O)c2[C@H]1c1ccc(OC)c(OC)c1. The number of ether oxygens (including phenoxy) is 2. The molecular weight excluding hydrogens is 420 g/mol. The molecule has 0 bridgehead atoms. The van der Waals surface area contributed by atoms with Gasteiger partial charge in [-0.15, -0.1) is 0 Å². The third kappa shape index (κ3) is 4.09. The Kier molecular flexibility index (Phi) is 6.70. The van der Waals surface area contributed by atoms with Crippen LogP contribution in [0.4, 0.5) is 0 Å². The number of fused-ring (bicyclic) bond motifs is 2. The molecule has 1 N–H and O–H groups in total. The standard InChI is InChI=1S/C26H30N2O5/c1-5-27(6-2)14-9-15-28-23(17-12-13-20(31-3)21(16-17)32-4)22-24(29)18-10-7-8-11-19(18)33-25(22)26(28)30/h7-8,10-13,16,23H,5-6,9,14-15H2,1-4H3/p+1/t23-/m1/s1. The van der Waals surface area contributed by atoms with Crippen molar-refractivity contribution in [1.29, 1.82) is 0 Å². The van der Waals surface area contributed by atoms with Crippen LogP contribution in [0, 0.1) is 0 Å². The van der Waals surface area contributed by atoms with Crippen molar-refractivity contribution in [3.63, 3.8) is 0 Å². The highest BCUT2D eigenvalue weighted by atomic mass is 16.5. The maximum absolute atomic E-state index is 13.5. The smallest absolute Gasteiger partial charge is 0.290 e. The van der Waals surface area contributed by atoms with E-state index < -0.39 is 6.04 Å². The minimum atomic E-state index is -0.542. The fourth-order valence-electron chi connectivity index (χ4n) is 4.67. The number of methoxy groups -OCH3 is 2. The maximum Gasteiger partial charge on any atom is 0.290 e. The topological polar surface area (TPSA) is 73.4 Å². The average Bonchev–Trinajstić information content (AvgIpc) is 3.13. The van der Waals surface area contributed by atoms with Gasteiger partial charge >= 0.3 is 0 Å². The summed E-state index contributed by atoms with van der Waals surface area (Å²) < 4.78 is 16.9. The van der Waals surface area contributed by atoms with Gasteiger partial charge in [-0.2, -0.15) is 0 Å². The molecular formula is C26H31N2O5+. The molecule has 1 aliphatic rings. The summed E-state index contributed by atoms with van der Waals surface area (Å²) in [4.78, 5) is 30.3. The van der Waals surface area contributed by atoms with Crippen LogP contribution >= 0.6 is 0 Å². The van der Waals surface area contributed by atoms with E-state index in [1.165, 1.54) is 4.90 Å². The zero-order valence-corrected chi connectivity index (χ0v) is 19.6. The first kappa shape index (κ1) is 22.9. The Labute approximate surface area is 193 Å². The van der Waals surface area contributed by atoms with E-state index >= 15 is 0 Å². The van der Waals surface area contributed by atoms with Crippen molar-refractivity contribution in [2.75, 3.05) is 40.4 Å². The highest BCUT2D eigenvalue weighted by Crippen LogP contribution is 2.40. The second kappa shape index (κ2) is 9.67. The van der Waals surface area contributed by atoms with E-state index in [9.17, 15) is 9.59 Å². The molecule has 0 aliphatic carbocycles. The highest BCUT2D eigenvalue weighted by molar-refractivity contribution is 5.99. The second-order valence-electron chi connectivity index (χ2n) is 8.25. The Hall–Kier alpha value is -3.32. The Bertz CT molecular complexity index is 1220. The molecule has 7 heteroatoms. The number of hydrogen-bond donors (Lipinski definition) is 1. The molecule has 0 saturated heterocycles. The van der Waals surface area contributed by atoms with Gasteiger partial charge in [-0.25, -0.2) is 0 Å². The molecule has 7 nitrogen and oxygen atoms in total. The van der Waals surface area contributed by atoms with Gasteiger partial charge in [-0.1, -0.05) is 18.2 Å². The van der Waals surface area contributed by atoms with E-state index in [-0.39, 0.29) is 17.1 Å². The Morgan fingerprint density at radius 1 is 1.00 bits per heavy atom. The van der Waals surface area contributed by atoms with Crippen LogP contribution in [0.25, 0.3) is 11.0 Å². The lowest BCUT2D eigenvalue weighted by molar-refractivity contribution is -0.896. The molecule has 2 aromatic carbocycles. The predicted molar refractivity (Wildman–Crippen MR) is 126 cm³/mol. The molecule has 0 spiro atoms. The van der Waals surface area contributed by atoms with Crippen molar-refractivity contribution in [1.82, 2.24) is 4.90 Å². The normalized spacial score (nSPS) is 15.4. The Balaban J connectivity index is 1.82. The monoisotopic (exact) mass is 451 g/mol. The predicted octanol–water partition coefficient (Wildman–Crippen LogP) is 2.67. The summed E-state index contributed by atoms with van der Waals surface area (Å²) in [6.45, 7) is 7.88. The number of carbonyl (C=O) groups is 1. The third-order valence-electron chi connectivity index (χ3n) is 6.53. The molecule has 2 heterocycles. The number of rotatable bonds is 9. The van der Waals surface area contributed by atoms with Crippen molar-refractivity contribution < 1.29 is 23.6 Å². The van der Waals surface area contributed by atoms with Crippen LogP contribution in [0.3, 0.4) is 0 Å². The van der Waals surface area contributed by atoms with E-state index in [4.69, 9.17) is 13.9 Å². The largest absolute Gasteiger partial charge is 0.493 e. The number of benzene rings is 2. The van der Waals surface area contributed by atoms with Gasteiger partial charge < -0.3 is 23.7 Å². The summed E-state index contributed by atoms with van der Waals surface area (Å²) in [5.41, 5.74) is 1.44. The first-order valence-corrected chi connectivity index (χ1v) is 11.5. The summed E-state index contributed by atoms with van der Waals surface area (Å²) in [5, 5.41) is 0.476. The third-order valence-corrected chi connectivity index (χ3v) is 6.53. The fraction of sp³-hybridized carbons (Fsp3) is 0.385. The van der Waals surface area contributed by atoms with E-state index in [0.717, 1.165) is 31.6 Å². The van der Waals surface area contributed by atoms with Crippen molar-refractivity contribution in [2.45, 2.75) is 26.3 Å². The molecule has 3 aromatic rings. The van der Waals surface area contributed by atoms with Gasteiger partial charge in [0.25, 0.3) is 5.91 Å². The molecule has 0 unspecified atom stereocenters. The van der Waals surface area contributed by atoms with E-state index in [1.54, 1.807) is 49.5 Å². The molecule has 0 radical (unpaired) electrons. The lowest BCUT2D eigenvalue weighted by Crippen LogP contribution is -3.11. The van der Waals surface area contributed by atoms with Crippen molar-refractivity contribution in [2.24, 2.45) is 0 Å². The minimum Gasteiger partial charge on any atom is -0.493 e. The first-order chi connectivity index (χ1) is 16.0. The number of carbonyl (C=O) groups excluding carboxylic acids is 1. The molecule has 0 fully saturated rings. The minimum absolute atomic E-state index is 0.133. The van der Waals surface area contributed by atoms with Crippen molar-refractivity contribution in [3.05, 3.63) is 69.6 Å². The van der Waals surface area contributed by atoms with Crippen LogP contribution in [0.1, 0.15) is 48.0 Å². The summed E-state index contributed by atoms with van der Waals surface area (Å²) >= 11 is 0. The second-order valence-corrected chi connectivity index (χ2v) is 8.25. The number of quaternary nitrogens is 1. The lowest BCUT2D eigenvalue weighted by Gasteiger charge is -2.26. The Morgan fingerprint density at radius 3 is 2.42 bits per heavy atom. The number of para-hydroxylation sites is 1. The van der Waals surface area contributed by atoms with Crippen LogP contribution in [-0.4, -0.2) is 51.2 Å². The van der Waals surface area contributed by atoms with Gasteiger partial charge in [0.2, 0.25) is 5.76 Å². The number of nitrogens with one attached hydrogen (secondary N) is 1. The van der Waals surface area contributed by atoms with Crippen molar-refractivity contribution >= 4 is 16.9 Å². The van der Waals surface area contributed by atoms with E-state index in [1.807, 2.05) is 12.1 Å². The fourth-order valence-corrected chi connectivity index (χ4v) is 4.67. The number of amides is 1. The summed E-state index contributed by atoms with van der Waals surface area (Å²) in [6.07, 6.45) is 0.828. The van der Waals surface area contributed by atoms with Gasteiger partial charge in [0.05, 0.1) is 50.8 Å². The average molecular weight is 452 g/mol. The van der Waals surface area contributed by atoms with E-state index in [2.05, 4.69) is 13.8 Å². The molecule has 33 heavy (non-hydrogen) atoms. The lowest BCUT2D eigenvalue weighted by atomic mass is 9.98. The molecule has 4 rings (SSSR count). The molecule has 1 aliphatic heterocycles. The number of hydrogen-bond acceptors (Lipinski definition) is 5. The van der Waals surface area contributed by atoms with Crippen LogP contribution in [-0.2, 0) is 0 Å². The van der Waals surface area contributed by atoms with Crippen LogP contribution in [0.2, 0.25) is 0 Å². The summed E-state index contributed by atoms with van der Waals surface area (Å²) in [6, 6.07) is 12.0. The van der Waals surface area contributed by atoms with E-state index in [0.29, 0.717) is 34.6 Å². The number of nitrogens with zero attached hydrogens (tertiary/aromatic N) is 1. The summed E-state index contributed by atoms with van der Waals surface area (Å²) in [7, 11) is 3.15. The van der Waals surface area contributed by atoms with Gasteiger partial charge in [-0.05, 0) is 43.7 Å². The molecule has 0 saturated carbocycles.